The average Bonchev–Trinajstić information content (AvgIpc) is 2.39. The highest BCUT2D eigenvalue weighted by Crippen LogP contribution is 2.13. The van der Waals surface area contributed by atoms with E-state index in [1.54, 1.807) is 0 Å². The largest absolute Gasteiger partial charge is 0.369 e. The molecular formula is C8H16N2O. The van der Waals surface area contributed by atoms with Crippen molar-refractivity contribution in [2.75, 3.05) is 6.54 Å². The fraction of sp³-hybridized carbons (Fsp3) is 0.875. The zero-order valence-corrected chi connectivity index (χ0v) is 6.97. The summed E-state index contributed by atoms with van der Waals surface area (Å²) in [5, 5.41) is 3.33. The normalized spacial score (nSPS) is 26.8. The Morgan fingerprint density at radius 1 is 1.82 bits per heavy atom. The highest BCUT2D eigenvalue weighted by atomic mass is 16.1. The maximum Gasteiger partial charge on any atom is 0.220 e. The molecule has 1 heterocycles. The zero-order chi connectivity index (χ0) is 8.27. The van der Waals surface area contributed by atoms with E-state index in [2.05, 4.69) is 5.32 Å². The second kappa shape index (κ2) is 3.72. The molecule has 0 aromatic carbocycles. The lowest BCUT2D eigenvalue weighted by Gasteiger charge is -2.13. The number of rotatable bonds is 3. The Labute approximate surface area is 67.3 Å². The Balaban J connectivity index is 2.23. The van der Waals surface area contributed by atoms with Crippen molar-refractivity contribution in [2.45, 2.75) is 32.2 Å². The van der Waals surface area contributed by atoms with Gasteiger partial charge in [-0.15, -0.1) is 0 Å². The Bertz CT molecular complexity index is 141. The molecule has 3 heteroatoms. The van der Waals surface area contributed by atoms with Gasteiger partial charge in [0.05, 0.1) is 0 Å². The molecule has 1 saturated heterocycles. The molecule has 2 atom stereocenters. The van der Waals surface area contributed by atoms with E-state index in [1.807, 2.05) is 6.92 Å². The molecule has 0 spiro atoms. The van der Waals surface area contributed by atoms with E-state index in [4.69, 9.17) is 5.73 Å². The van der Waals surface area contributed by atoms with Crippen LogP contribution in [-0.4, -0.2) is 18.5 Å². The number of amides is 1. The van der Waals surface area contributed by atoms with E-state index < -0.39 is 0 Å². The van der Waals surface area contributed by atoms with Crippen LogP contribution in [0.25, 0.3) is 0 Å². The molecule has 1 aliphatic rings. The first-order valence-corrected chi connectivity index (χ1v) is 4.23. The SMILES string of the molecule is CC(C[C@@H]1CCCN1)C(N)=O. The summed E-state index contributed by atoms with van der Waals surface area (Å²) in [6.07, 6.45) is 3.32. The molecule has 1 rings (SSSR count). The Hall–Kier alpha value is -0.570. The number of hydrogen-bond acceptors (Lipinski definition) is 2. The van der Waals surface area contributed by atoms with Crippen LogP contribution in [0, 0.1) is 5.92 Å². The summed E-state index contributed by atoms with van der Waals surface area (Å²) >= 11 is 0. The van der Waals surface area contributed by atoms with Crippen LogP contribution in [0.15, 0.2) is 0 Å². The topological polar surface area (TPSA) is 55.1 Å². The summed E-state index contributed by atoms with van der Waals surface area (Å²) in [6.45, 7) is 2.98. The van der Waals surface area contributed by atoms with Gasteiger partial charge in [0, 0.05) is 12.0 Å². The number of carbonyl (C=O) groups is 1. The van der Waals surface area contributed by atoms with Gasteiger partial charge >= 0.3 is 0 Å². The fourth-order valence-electron chi connectivity index (χ4n) is 1.50. The molecule has 11 heavy (non-hydrogen) atoms. The molecule has 0 aromatic heterocycles. The van der Waals surface area contributed by atoms with Gasteiger partial charge in [-0.25, -0.2) is 0 Å². The molecule has 0 radical (unpaired) electrons. The third-order valence-electron chi connectivity index (χ3n) is 2.29. The maximum absolute atomic E-state index is 10.7. The smallest absolute Gasteiger partial charge is 0.220 e. The first kappa shape index (κ1) is 8.53. The van der Waals surface area contributed by atoms with Crippen molar-refractivity contribution >= 4 is 5.91 Å². The van der Waals surface area contributed by atoms with Crippen LogP contribution in [0.3, 0.4) is 0 Å². The minimum atomic E-state index is -0.182. The van der Waals surface area contributed by atoms with Gasteiger partial charge < -0.3 is 11.1 Å². The van der Waals surface area contributed by atoms with Crippen LogP contribution < -0.4 is 11.1 Å². The number of nitrogens with one attached hydrogen (secondary N) is 1. The van der Waals surface area contributed by atoms with Crippen molar-refractivity contribution in [1.29, 1.82) is 0 Å². The molecule has 3 nitrogen and oxygen atoms in total. The monoisotopic (exact) mass is 156 g/mol. The van der Waals surface area contributed by atoms with Gasteiger partial charge in [0.15, 0.2) is 0 Å². The van der Waals surface area contributed by atoms with Gasteiger partial charge in [-0.1, -0.05) is 6.92 Å². The van der Waals surface area contributed by atoms with Crippen molar-refractivity contribution in [3.05, 3.63) is 0 Å². The standard InChI is InChI=1S/C8H16N2O/c1-6(8(9)11)5-7-3-2-4-10-7/h6-7,10H,2-5H2,1H3,(H2,9,11)/t6?,7-/m0/s1. The molecule has 64 valence electrons. The van der Waals surface area contributed by atoms with Gasteiger partial charge in [0.25, 0.3) is 0 Å². The molecule has 1 amide bonds. The molecule has 0 aliphatic carbocycles. The van der Waals surface area contributed by atoms with Crippen LogP contribution in [0.5, 0.6) is 0 Å². The maximum atomic E-state index is 10.7. The van der Waals surface area contributed by atoms with Crippen LogP contribution in [0.2, 0.25) is 0 Å². The highest BCUT2D eigenvalue weighted by Gasteiger charge is 2.19. The Morgan fingerprint density at radius 3 is 3.00 bits per heavy atom. The Morgan fingerprint density at radius 2 is 2.55 bits per heavy atom. The Kier molecular flexibility index (Phi) is 2.88. The third kappa shape index (κ3) is 2.50. The average molecular weight is 156 g/mol. The molecule has 0 saturated carbocycles. The van der Waals surface area contributed by atoms with Gasteiger partial charge in [-0.05, 0) is 25.8 Å². The van der Waals surface area contributed by atoms with Gasteiger partial charge in [-0.3, -0.25) is 4.79 Å². The predicted octanol–water partition coefficient (Wildman–Crippen LogP) is 0.250. The lowest BCUT2D eigenvalue weighted by atomic mass is 10.0. The van der Waals surface area contributed by atoms with Crippen LogP contribution in [0.4, 0.5) is 0 Å². The molecule has 1 aliphatic heterocycles. The molecule has 0 bridgehead atoms. The molecule has 0 aromatic rings. The van der Waals surface area contributed by atoms with E-state index in [9.17, 15) is 4.79 Å². The molecular weight excluding hydrogens is 140 g/mol. The van der Waals surface area contributed by atoms with Gasteiger partial charge in [-0.2, -0.15) is 0 Å². The second-order valence-electron chi connectivity index (χ2n) is 3.33. The molecule has 1 unspecified atom stereocenters. The first-order chi connectivity index (χ1) is 5.20. The summed E-state index contributed by atoms with van der Waals surface area (Å²) in [5.41, 5.74) is 5.15. The van der Waals surface area contributed by atoms with Gasteiger partial charge in [0.2, 0.25) is 5.91 Å². The quantitative estimate of drug-likeness (QED) is 0.615. The molecule has 3 N–H and O–H groups in total. The highest BCUT2D eigenvalue weighted by molar-refractivity contribution is 5.76. The van der Waals surface area contributed by atoms with Crippen LogP contribution in [-0.2, 0) is 4.79 Å². The number of hydrogen-bond donors (Lipinski definition) is 2. The summed E-state index contributed by atoms with van der Waals surface area (Å²) in [5.74, 6) is -0.163. The third-order valence-corrected chi connectivity index (χ3v) is 2.29. The summed E-state index contributed by atoms with van der Waals surface area (Å²) in [4.78, 5) is 10.7. The van der Waals surface area contributed by atoms with Crippen molar-refractivity contribution in [3.8, 4) is 0 Å². The lowest BCUT2D eigenvalue weighted by Crippen LogP contribution is -2.29. The van der Waals surface area contributed by atoms with E-state index in [1.165, 1.54) is 12.8 Å². The summed E-state index contributed by atoms with van der Waals surface area (Å²) in [6, 6.07) is 0.525. The number of primary amides is 1. The lowest BCUT2D eigenvalue weighted by molar-refractivity contribution is -0.121. The number of carbonyl (C=O) groups excluding carboxylic acids is 1. The summed E-state index contributed by atoms with van der Waals surface area (Å²) in [7, 11) is 0. The van der Waals surface area contributed by atoms with Crippen molar-refractivity contribution in [1.82, 2.24) is 5.32 Å². The predicted molar refractivity (Wildman–Crippen MR) is 44.0 cm³/mol. The second-order valence-corrected chi connectivity index (χ2v) is 3.33. The van der Waals surface area contributed by atoms with Crippen LogP contribution in [0.1, 0.15) is 26.2 Å². The van der Waals surface area contributed by atoms with E-state index >= 15 is 0 Å². The number of nitrogens with two attached hydrogens (primary N) is 1. The van der Waals surface area contributed by atoms with E-state index in [0.29, 0.717) is 6.04 Å². The van der Waals surface area contributed by atoms with Crippen molar-refractivity contribution in [2.24, 2.45) is 11.7 Å². The molecule has 1 fully saturated rings. The summed E-state index contributed by atoms with van der Waals surface area (Å²) < 4.78 is 0. The first-order valence-electron chi connectivity index (χ1n) is 4.23. The minimum absolute atomic E-state index is 0.0191. The minimum Gasteiger partial charge on any atom is -0.369 e. The van der Waals surface area contributed by atoms with Crippen LogP contribution >= 0.6 is 0 Å². The van der Waals surface area contributed by atoms with Crippen molar-refractivity contribution < 1.29 is 4.79 Å². The van der Waals surface area contributed by atoms with Crippen molar-refractivity contribution in [3.63, 3.8) is 0 Å². The zero-order valence-electron chi connectivity index (χ0n) is 6.97. The van der Waals surface area contributed by atoms with Gasteiger partial charge in [0.1, 0.15) is 0 Å². The van der Waals surface area contributed by atoms with E-state index in [-0.39, 0.29) is 11.8 Å². The van der Waals surface area contributed by atoms with E-state index in [0.717, 1.165) is 13.0 Å². The fourth-order valence-corrected chi connectivity index (χ4v) is 1.50.